The van der Waals surface area contributed by atoms with Gasteiger partial charge in [-0.3, -0.25) is 9.59 Å². The molecule has 3 atom stereocenters. The maximum atomic E-state index is 12.7. The van der Waals surface area contributed by atoms with Crippen molar-refractivity contribution >= 4 is 23.6 Å². The second-order valence-electron chi connectivity index (χ2n) is 7.20. The number of benzene rings is 1. The summed E-state index contributed by atoms with van der Waals surface area (Å²) in [5.41, 5.74) is 1.47. The molecule has 2 amide bonds. The molecule has 2 aliphatic rings. The summed E-state index contributed by atoms with van der Waals surface area (Å²) in [5, 5.41) is 26.0. The highest BCUT2D eigenvalue weighted by atomic mass is 32.2. The van der Waals surface area contributed by atoms with Gasteiger partial charge in [0.25, 0.3) is 0 Å². The number of hydrogen-bond acceptors (Lipinski definition) is 7. The number of amides is 2. The summed E-state index contributed by atoms with van der Waals surface area (Å²) in [7, 11) is 0. The number of nitrogens with zero attached hydrogens (tertiary/aromatic N) is 4. The number of aliphatic hydroxyl groups excluding tert-OH is 1. The van der Waals surface area contributed by atoms with Gasteiger partial charge < -0.3 is 15.3 Å². The van der Waals surface area contributed by atoms with Crippen molar-refractivity contribution in [3.8, 4) is 0 Å². The smallest absolute Gasteiger partial charge is 0.249 e. The van der Waals surface area contributed by atoms with Crippen LogP contribution < -0.4 is 5.32 Å². The van der Waals surface area contributed by atoms with Gasteiger partial charge in [-0.1, -0.05) is 24.3 Å². The van der Waals surface area contributed by atoms with E-state index in [0.29, 0.717) is 11.4 Å². The molecule has 1 aromatic carbocycles. The van der Waals surface area contributed by atoms with E-state index in [1.54, 1.807) is 28.8 Å². The molecular weight excluding hydrogens is 368 g/mol. The number of tetrazole rings is 1. The zero-order valence-electron chi connectivity index (χ0n) is 14.9. The normalized spacial score (nSPS) is 25.8. The lowest BCUT2D eigenvalue weighted by Gasteiger charge is -2.44. The Balaban J connectivity index is 1.46. The molecule has 0 bridgehead atoms. The Morgan fingerprint density at radius 3 is 2.78 bits per heavy atom. The zero-order chi connectivity index (χ0) is 19.2. The van der Waals surface area contributed by atoms with E-state index >= 15 is 0 Å². The average molecular weight is 388 g/mol. The van der Waals surface area contributed by atoms with Gasteiger partial charge in [0.05, 0.1) is 13.0 Å². The number of nitrogens with one attached hydrogen (secondary N) is 2. The van der Waals surface area contributed by atoms with Crippen LogP contribution in [0.15, 0.2) is 24.3 Å². The molecule has 2 saturated heterocycles. The molecule has 2 unspecified atom stereocenters. The van der Waals surface area contributed by atoms with Crippen LogP contribution in [0.5, 0.6) is 0 Å². The highest BCUT2D eigenvalue weighted by Crippen LogP contribution is 2.56. The number of carbonyl (C=O) groups excluding carboxylic acids is 2. The predicted molar refractivity (Wildman–Crippen MR) is 97.2 cm³/mol. The minimum Gasteiger partial charge on any atom is -0.392 e. The first-order valence-corrected chi connectivity index (χ1v) is 9.51. The number of thioether (sulfide) groups is 1. The number of fused-ring (bicyclic) bond motifs is 1. The van der Waals surface area contributed by atoms with Crippen molar-refractivity contribution in [2.45, 2.75) is 49.1 Å². The summed E-state index contributed by atoms with van der Waals surface area (Å²) in [4.78, 5) is 26.9. The van der Waals surface area contributed by atoms with Crippen LogP contribution in [-0.4, -0.2) is 58.6 Å². The van der Waals surface area contributed by atoms with E-state index < -0.39 is 6.04 Å². The predicted octanol–water partition coefficient (Wildman–Crippen LogP) is 0.154. The second kappa shape index (κ2) is 6.61. The van der Waals surface area contributed by atoms with Gasteiger partial charge in [-0.05, 0) is 35.4 Å². The largest absolute Gasteiger partial charge is 0.392 e. The minimum atomic E-state index is -0.566. The highest BCUT2D eigenvalue weighted by molar-refractivity contribution is 8.01. The summed E-state index contributed by atoms with van der Waals surface area (Å²) < 4.78 is -0.287. The molecule has 10 heteroatoms. The molecule has 9 nitrogen and oxygen atoms in total. The molecule has 4 rings (SSSR count). The average Bonchev–Trinajstić information content (AvgIpc) is 3.24. The second-order valence-corrected chi connectivity index (χ2v) is 8.97. The highest BCUT2D eigenvalue weighted by Gasteiger charge is 2.63. The molecule has 1 aromatic heterocycles. The number of aromatic nitrogens is 4. The van der Waals surface area contributed by atoms with Gasteiger partial charge >= 0.3 is 0 Å². The van der Waals surface area contributed by atoms with Gasteiger partial charge in [-0.25, -0.2) is 5.10 Å². The fourth-order valence-electron chi connectivity index (χ4n) is 3.75. The Labute approximate surface area is 159 Å². The lowest BCUT2D eigenvalue weighted by molar-refractivity contribution is -0.151. The number of aliphatic hydroxyl groups is 1. The lowest BCUT2D eigenvalue weighted by atomic mass is 9.95. The molecular formula is C17H20N6O3S. The molecule has 0 spiro atoms. The Kier molecular flexibility index (Phi) is 4.39. The van der Waals surface area contributed by atoms with Crippen molar-refractivity contribution in [1.82, 2.24) is 30.8 Å². The Hall–Kier alpha value is -2.46. The van der Waals surface area contributed by atoms with Crippen molar-refractivity contribution in [3.63, 3.8) is 0 Å². The standard InChI is InChI=1S/C17H20N6O3S/c1-17(2)13(14-19-21-22-20-14)23-15(26)12(16(23)27-17)18-11(25)7-9-5-3-4-6-10(9)8-24/h3-6,12-13,16,24H,7-8H2,1-2H3,(H,18,25)(H,19,20,21,22)/t12?,13?,16-/m1/s1. The molecule has 2 aromatic rings. The number of β-lactam (4-membered cyclic amide) rings is 1. The summed E-state index contributed by atoms with van der Waals surface area (Å²) in [6.45, 7) is 3.94. The van der Waals surface area contributed by atoms with Crippen LogP contribution in [0.25, 0.3) is 0 Å². The topological polar surface area (TPSA) is 124 Å². The van der Waals surface area contributed by atoms with Gasteiger partial charge in [-0.2, -0.15) is 0 Å². The first-order valence-electron chi connectivity index (χ1n) is 8.63. The summed E-state index contributed by atoms with van der Waals surface area (Å²) in [5.74, 6) is 0.172. The van der Waals surface area contributed by atoms with E-state index in [1.165, 1.54) is 0 Å². The summed E-state index contributed by atoms with van der Waals surface area (Å²) in [6.07, 6.45) is 0.122. The molecule has 0 radical (unpaired) electrons. The van der Waals surface area contributed by atoms with Crippen LogP contribution in [-0.2, 0) is 22.6 Å². The first kappa shape index (κ1) is 17.9. The Morgan fingerprint density at radius 1 is 1.37 bits per heavy atom. The van der Waals surface area contributed by atoms with E-state index in [2.05, 4.69) is 25.9 Å². The number of aromatic amines is 1. The number of carbonyl (C=O) groups is 2. The van der Waals surface area contributed by atoms with Crippen molar-refractivity contribution in [1.29, 1.82) is 0 Å². The third-order valence-corrected chi connectivity index (χ3v) is 6.59. The summed E-state index contributed by atoms with van der Waals surface area (Å²) in [6, 6.07) is 6.39. The van der Waals surface area contributed by atoms with Gasteiger partial charge in [0.1, 0.15) is 17.5 Å². The third-order valence-electron chi connectivity index (χ3n) is 5.02. The molecule has 27 heavy (non-hydrogen) atoms. The van der Waals surface area contributed by atoms with Gasteiger partial charge in [0, 0.05) is 4.75 Å². The Morgan fingerprint density at radius 2 is 2.11 bits per heavy atom. The van der Waals surface area contributed by atoms with Crippen molar-refractivity contribution in [2.24, 2.45) is 0 Å². The van der Waals surface area contributed by atoms with Gasteiger partial charge in [0.2, 0.25) is 11.8 Å². The van der Waals surface area contributed by atoms with Crippen molar-refractivity contribution in [3.05, 3.63) is 41.2 Å². The first-order chi connectivity index (χ1) is 12.9. The quantitative estimate of drug-likeness (QED) is 0.623. The Bertz CT molecular complexity index is 871. The van der Waals surface area contributed by atoms with Crippen molar-refractivity contribution < 1.29 is 14.7 Å². The minimum absolute atomic E-state index is 0.122. The number of hydrogen-bond donors (Lipinski definition) is 3. The van der Waals surface area contributed by atoms with Crippen LogP contribution in [0, 0.1) is 0 Å². The number of H-pyrrole nitrogens is 1. The number of rotatable bonds is 5. The third kappa shape index (κ3) is 2.98. The maximum absolute atomic E-state index is 12.7. The molecule has 2 aliphatic heterocycles. The molecule has 0 aliphatic carbocycles. The fourth-order valence-corrected chi connectivity index (χ4v) is 5.39. The lowest BCUT2D eigenvalue weighted by Crippen LogP contribution is -2.68. The monoisotopic (exact) mass is 388 g/mol. The fraction of sp³-hybridized carbons (Fsp3) is 0.471. The molecule has 2 fully saturated rings. The SMILES string of the molecule is CC1(C)S[C@@H]2C(NC(=O)Cc3ccccc3CO)C(=O)N2C1c1nnn[nH]1. The van der Waals surface area contributed by atoms with Gasteiger partial charge in [-0.15, -0.1) is 16.9 Å². The molecule has 0 saturated carbocycles. The van der Waals surface area contributed by atoms with E-state index in [-0.39, 0.29) is 41.0 Å². The molecule has 142 valence electrons. The maximum Gasteiger partial charge on any atom is 0.249 e. The van der Waals surface area contributed by atoms with Crippen molar-refractivity contribution in [2.75, 3.05) is 0 Å². The van der Waals surface area contributed by atoms with E-state index in [0.717, 1.165) is 5.56 Å². The van der Waals surface area contributed by atoms with E-state index in [1.807, 2.05) is 26.0 Å². The van der Waals surface area contributed by atoms with Crippen LogP contribution in [0.4, 0.5) is 0 Å². The zero-order valence-corrected chi connectivity index (χ0v) is 15.7. The molecule has 3 heterocycles. The van der Waals surface area contributed by atoms with Crippen LogP contribution in [0.3, 0.4) is 0 Å². The van der Waals surface area contributed by atoms with Crippen LogP contribution in [0.1, 0.15) is 36.8 Å². The van der Waals surface area contributed by atoms with Gasteiger partial charge in [0.15, 0.2) is 5.82 Å². The van der Waals surface area contributed by atoms with E-state index in [4.69, 9.17) is 0 Å². The molecule has 3 N–H and O–H groups in total. The van der Waals surface area contributed by atoms with Crippen LogP contribution in [0.2, 0.25) is 0 Å². The van der Waals surface area contributed by atoms with E-state index in [9.17, 15) is 14.7 Å². The van der Waals surface area contributed by atoms with Crippen LogP contribution >= 0.6 is 11.8 Å². The summed E-state index contributed by atoms with van der Waals surface area (Å²) >= 11 is 1.63.